The van der Waals surface area contributed by atoms with Crippen molar-refractivity contribution in [1.82, 2.24) is 0 Å². The molecule has 14 aromatic carbocycles. The Morgan fingerprint density at radius 3 is 0.540 bits per heavy atom. The van der Waals surface area contributed by atoms with E-state index < -0.39 is 116 Å². The van der Waals surface area contributed by atoms with Crippen LogP contribution in [0.4, 0.5) is 105 Å². The first kappa shape index (κ1) is 89.9. The van der Waals surface area contributed by atoms with E-state index in [1.54, 1.807) is 97.1 Å². The van der Waals surface area contributed by atoms with Crippen LogP contribution in [-0.2, 0) is 49.4 Å². The Hall–Kier alpha value is -12.4. The summed E-state index contributed by atoms with van der Waals surface area (Å²) in [4.78, 5) is 0. The molecule has 2 heterocycles. The molecule has 0 aliphatic carbocycles. The van der Waals surface area contributed by atoms with Gasteiger partial charge in [0.05, 0.1) is 70.9 Å². The molecule has 4 nitrogen and oxygen atoms in total. The number of hydrogen-bond donors (Lipinski definition) is 0. The number of unbranched alkanes of at least 4 members (excludes halogenated alkanes) is 3. The van der Waals surface area contributed by atoms with Crippen LogP contribution in [0, 0.1) is 0 Å². The van der Waals surface area contributed by atoms with Crippen LogP contribution in [0.2, 0.25) is 0 Å². The Kier molecular flexibility index (Phi) is 25.1. The van der Waals surface area contributed by atoms with E-state index in [0.717, 1.165) is 0 Å². The van der Waals surface area contributed by atoms with E-state index in [9.17, 15) is 105 Å². The maximum absolute atomic E-state index is 14.5. The number of para-hydroxylation sites is 4. The zero-order chi connectivity index (χ0) is 90.4. The molecule has 654 valence electrons. The number of fused-ring (bicyclic) bond motifs is 8. The van der Waals surface area contributed by atoms with Crippen molar-refractivity contribution >= 4 is 43.1 Å². The van der Waals surface area contributed by atoms with Crippen LogP contribution in [0.1, 0.15) is 110 Å². The van der Waals surface area contributed by atoms with Crippen LogP contribution < -0.4 is 18.9 Å². The number of hydrogen-bond acceptors (Lipinski definition) is 4. The minimum Gasteiger partial charge on any atom is -0.493 e. The lowest BCUT2D eigenvalue weighted by Crippen LogP contribution is -2.11. The molecular formula is C98H70F24O4. The van der Waals surface area contributed by atoms with Crippen molar-refractivity contribution in [1.29, 1.82) is 0 Å². The normalized spacial score (nSPS) is 13.8. The van der Waals surface area contributed by atoms with Crippen LogP contribution in [0.3, 0.4) is 0 Å². The molecule has 0 radical (unpaired) electrons. The van der Waals surface area contributed by atoms with Gasteiger partial charge >= 0.3 is 49.4 Å². The summed E-state index contributed by atoms with van der Waals surface area (Å²) in [7, 11) is 0. The number of alkyl halides is 24. The summed E-state index contributed by atoms with van der Waals surface area (Å²) in [5.74, 6) is 1.01. The molecule has 0 atom stereocenters. The standard InChI is InChI=1S/2C46H28F12O2.C6H14/c2*47-43(48,49)27-19-25(20-28(23-27)44(50,51)52)39-36-14-8-12-34-32-10-2-4-16-38(32)60-18-6-5-17-59-37-15-3-1-9-31(37)33-11-7-13-35(41(33)39)40(42(34)36)26-21-29(45(53,54)55)24-30(22-26)46(56,57)58;1-3-5-6-4-2/h2*1-4,7-16,19-24H,5-6,17-18H2;3-6H2,1-2H3. The molecular weight excluding hydrogens is 1700 g/mol. The summed E-state index contributed by atoms with van der Waals surface area (Å²) in [6, 6.07) is 47.5. The Morgan fingerprint density at radius 2 is 0.373 bits per heavy atom. The highest BCUT2D eigenvalue weighted by atomic mass is 19.4. The third-order valence-corrected chi connectivity index (χ3v) is 21.6. The Labute approximate surface area is 704 Å². The lowest BCUT2D eigenvalue weighted by atomic mass is 9.80. The van der Waals surface area contributed by atoms with Gasteiger partial charge in [-0.25, -0.2) is 0 Å². The van der Waals surface area contributed by atoms with Crippen molar-refractivity contribution in [3.8, 4) is 112 Å². The van der Waals surface area contributed by atoms with Gasteiger partial charge in [0.15, 0.2) is 0 Å². The van der Waals surface area contributed by atoms with Gasteiger partial charge in [0.2, 0.25) is 0 Å². The third kappa shape index (κ3) is 18.9. The minimum absolute atomic E-state index is 0.0227. The van der Waals surface area contributed by atoms with Crippen LogP contribution in [0.5, 0.6) is 23.0 Å². The van der Waals surface area contributed by atoms with Crippen molar-refractivity contribution in [3.63, 3.8) is 0 Å². The summed E-state index contributed by atoms with van der Waals surface area (Å²) < 4.78 is 374. The fourth-order valence-corrected chi connectivity index (χ4v) is 16.0. The molecule has 0 fully saturated rings. The Morgan fingerprint density at radius 1 is 0.206 bits per heavy atom. The van der Waals surface area contributed by atoms with Gasteiger partial charge in [-0.1, -0.05) is 185 Å². The predicted octanol–water partition coefficient (Wildman–Crippen LogP) is 33.2. The monoisotopic (exact) mass is 1770 g/mol. The molecule has 28 heteroatoms. The number of rotatable bonds is 7. The summed E-state index contributed by atoms with van der Waals surface area (Å²) >= 11 is 0. The molecule has 0 unspecified atom stereocenters. The van der Waals surface area contributed by atoms with Gasteiger partial charge in [-0.15, -0.1) is 0 Å². The molecule has 8 bridgehead atoms. The van der Waals surface area contributed by atoms with Gasteiger partial charge in [-0.2, -0.15) is 105 Å². The van der Waals surface area contributed by atoms with E-state index in [4.69, 9.17) is 18.9 Å². The zero-order valence-electron chi connectivity index (χ0n) is 66.3. The molecule has 126 heavy (non-hydrogen) atoms. The largest absolute Gasteiger partial charge is 0.493 e. The molecule has 16 rings (SSSR count). The SMILES string of the molecule is CCCCCC.FC(F)(F)c1cc(-c2c3cccc4c3c(-c3cc(C(F)(F)F)cc(C(F)(F)F)c3)c3cccc(c23)-c2ccccc2OCCCCOc2ccccc2-4)cc(C(F)(F)F)c1.FC(F)(F)c1cc(-c2c3cccc4c3c(-c3cc(C(F)(F)F)cc(C(F)(F)F)c3)c3cccc(c23)-c2ccccc2OCCCCOc2ccccc2-4)cc(C(F)(F)F)c1. The van der Waals surface area contributed by atoms with Crippen LogP contribution in [0.25, 0.3) is 132 Å². The lowest BCUT2D eigenvalue weighted by molar-refractivity contribution is -0.144. The quantitative estimate of drug-likeness (QED) is 0.0905. The van der Waals surface area contributed by atoms with E-state index in [-0.39, 0.29) is 161 Å². The van der Waals surface area contributed by atoms with Crippen molar-refractivity contribution < 1.29 is 124 Å². The second-order valence-electron chi connectivity index (χ2n) is 30.1. The van der Waals surface area contributed by atoms with Crippen molar-refractivity contribution in [3.05, 3.63) is 287 Å². The van der Waals surface area contributed by atoms with Gasteiger partial charge < -0.3 is 18.9 Å². The van der Waals surface area contributed by atoms with Crippen molar-refractivity contribution in [2.24, 2.45) is 0 Å². The molecule has 2 aliphatic rings. The predicted molar refractivity (Wildman–Crippen MR) is 437 cm³/mol. The van der Waals surface area contributed by atoms with Crippen LogP contribution in [-0.4, -0.2) is 26.4 Å². The van der Waals surface area contributed by atoms with E-state index in [1.165, 1.54) is 98.5 Å². The fourth-order valence-electron chi connectivity index (χ4n) is 16.0. The highest BCUT2D eigenvalue weighted by Gasteiger charge is 2.44. The summed E-state index contributed by atoms with van der Waals surface area (Å²) in [5.41, 5.74) is -14.2. The van der Waals surface area contributed by atoms with Gasteiger partial charge in [-0.05, 0) is 233 Å². The summed E-state index contributed by atoms with van der Waals surface area (Å²) in [6.45, 7) is 5.08. The van der Waals surface area contributed by atoms with Crippen LogP contribution in [0.15, 0.2) is 243 Å². The zero-order valence-corrected chi connectivity index (χ0v) is 66.3. The van der Waals surface area contributed by atoms with E-state index in [2.05, 4.69) is 13.8 Å². The van der Waals surface area contributed by atoms with Crippen molar-refractivity contribution in [2.45, 2.75) is 115 Å². The van der Waals surface area contributed by atoms with Crippen LogP contribution >= 0.6 is 0 Å². The second kappa shape index (κ2) is 35.2. The summed E-state index contributed by atoms with van der Waals surface area (Å²) in [6.07, 6.45) is -34.6. The average molecular weight is 1770 g/mol. The topological polar surface area (TPSA) is 36.9 Å². The molecule has 14 aromatic rings. The highest BCUT2D eigenvalue weighted by molar-refractivity contribution is 6.29. The van der Waals surface area contributed by atoms with E-state index in [0.29, 0.717) is 96.5 Å². The second-order valence-corrected chi connectivity index (χ2v) is 30.1. The minimum atomic E-state index is -5.27. The molecule has 0 spiro atoms. The van der Waals surface area contributed by atoms with E-state index in [1.807, 2.05) is 0 Å². The lowest BCUT2D eigenvalue weighted by Gasteiger charge is -2.25. The van der Waals surface area contributed by atoms with Gasteiger partial charge in [0.25, 0.3) is 0 Å². The first-order valence-electron chi connectivity index (χ1n) is 39.6. The molecule has 0 aromatic heterocycles. The average Bonchev–Trinajstić information content (AvgIpc) is 0.711. The van der Waals surface area contributed by atoms with Crippen molar-refractivity contribution in [2.75, 3.05) is 26.4 Å². The molecule has 0 saturated heterocycles. The van der Waals surface area contributed by atoms with E-state index >= 15 is 0 Å². The molecule has 2 aliphatic heterocycles. The van der Waals surface area contributed by atoms with Gasteiger partial charge in [-0.3, -0.25) is 0 Å². The van der Waals surface area contributed by atoms with Gasteiger partial charge in [0, 0.05) is 22.3 Å². The number of benzene rings is 14. The first-order valence-corrected chi connectivity index (χ1v) is 39.6. The fraction of sp³-hybridized carbons (Fsp3) is 0.224. The highest BCUT2D eigenvalue weighted by Crippen LogP contribution is 2.58. The molecule has 0 N–H and O–H groups in total. The maximum Gasteiger partial charge on any atom is 0.416 e. The van der Waals surface area contributed by atoms with Gasteiger partial charge in [0.1, 0.15) is 23.0 Å². The molecule has 0 saturated carbocycles. The smallest absolute Gasteiger partial charge is 0.416 e. The maximum atomic E-state index is 14.5. The number of ether oxygens (including phenoxy) is 4. The Balaban J connectivity index is 0.000000192. The Bertz CT molecular complexity index is 5510. The summed E-state index contributed by atoms with van der Waals surface area (Å²) in [5, 5.41) is -0.484. The number of halogens is 24. The third-order valence-electron chi connectivity index (χ3n) is 21.6. The first-order chi connectivity index (χ1) is 59.5. The molecule has 0 amide bonds.